The summed E-state index contributed by atoms with van der Waals surface area (Å²) in [4.78, 5) is 11.8. The molecule has 0 aromatic heterocycles. The first-order valence-corrected chi connectivity index (χ1v) is 6.45. The zero-order chi connectivity index (χ0) is 13.9. The summed E-state index contributed by atoms with van der Waals surface area (Å²) in [5.74, 6) is 2.29. The summed E-state index contributed by atoms with van der Waals surface area (Å²) < 4.78 is 5.66. The first kappa shape index (κ1) is 13.4. The van der Waals surface area contributed by atoms with Gasteiger partial charge in [0.25, 0.3) is 0 Å². The van der Waals surface area contributed by atoms with Crippen LogP contribution in [-0.4, -0.2) is 11.6 Å². The average molecular weight is 254 g/mol. The third kappa shape index (κ3) is 2.88. The maximum Gasteiger partial charge on any atom is 0.333 e. The molecule has 0 bridgehead atoms. The largest absolute Gasteiger partial charge is 0.454 e. The Bertz CT molecular complexity index is 551. The van der Waals surface area contributed by atoms with Crippen LogP contribution in [0.15, 0.2) is 36.4 Å². The predicted molar refractivity (Wildman–Crippen MR) is 75.6 cm³/mol. The number of hydrogen-bond donors (Lipinski definition) is 0. The number of ether oxygens (including phenoxy) is 1. The van der Waals surface area contributed by atoms with Crippen molar-refractivity contribution in [2.75, 3.05) is 0 Å². The van der Waals surface area contributed by atoms with Crippen molar-refractivity contribution in [3.05, 3.63) is 47.5 Å². The van der Waals surface area contributed by atoms with Crippen molar-refractivity contribution in [3.8, 4) is 12.3 Å². The van der Waals surface area contributed by atoms with E-state index in [2.05, 4.69) is 24.6 Å². The van der Waals surface area contributed by atoms with Crippen LogP contribution >= 0.6 is 0 Å². The fourth-order valence-corrected chi connectivity index (χ4v) is 2.52. The van der Waals surface area contributed by atoms with E-state index in [4.69, 9.17) is 11.2 Å². The normalized spacial score (nSPS) is 21.1. The van der Waals surface area contributed by atoms with Crippen molar-refractivity contribution in [3.63, 3.8) is 0 Å². The summed E-state index contributed by atoms with van der Waals surface area (Å²) in [5, 5.41) is 0. The van der Waals surface area contributed by atoms with Gasteiger partial charge in [0, 0.05) is 18.4 Å². The van der Waals surface area contributed by atoms with Crippen LogP contribution in [0.5, 0.6) is 0 Å². The van der Waals surface area contributed by atoms with E-state index in [0.29, 0.717) is 18.4 Å². The number of hydrogen-bond acceptors (Lipinski definition) is 2. The highest BCUT2D eigenvalue weighted by atomic mass is 16.6. The van der Waals surface area contributed by atoms with Crippen LogP contribution in [0, 0.1) is 12.3 Å². The third-order valence-corrected chi connectivity index (χ3v) is 3.56. The molecule has 1 atom stereocenters. The average Bonchev–Trinajstić information content (AvgIpc) is 2.38. The quantitative estimate of drug-likeness (QED) is 0.471. The van der Waals surface area contributed by atoms with Gasteiger partial charge in [0.2, 0.25) is 0 Å². The van der Waals surface area contributed by atoms with E-state index in [9.17, 15) is 4.79 Å². The highest BCUT2D eigenvalue weighted by Crippen LogP contribution is 2.34. The minimum absolute atomic E-state index is 0.352. The van der Waals surface area contributed by atoms with Crippen molar-refractivity contribution in [2.45, 2.75) is 38.2 Å². The number of rotatable bonds is 3. The summed E-state index contributed by atoms with van der Waals surface area (Å²) >= 11 is 0. The van der Waals surface area contributed by atoms with Gasteiger partial charge in [0.05, 0.1) is 0 Å². The van der Waals surface area contributed by atoms with Crippen LogP contribution in [0.1, 0.15) is 30.9 Å². The molecule has 2 heteroatoms. The Kier molecular flexibility index (Phi) is 3.76. The summed E-state index contributed by atoms with van der Waals surface area (Å²) in [6.45, 7) is 5.29. The van der Waals surface area contributed by atoms with Gasteiger partial charge in [-0.05, 0) is 30.9 Å². The van der Waals surface area contributed by atoms with E-state index in [-0.39, 0.29) is 5.97 Å². The number of fused-ring (bicyclic) bond motifs is 1. The van der Waals surface area contributed by atoms with Crippen LogP contribution < -0.4 is 0 Å². The van der Waals surface area contributed by atoms with E-state index < -0.39 is 5.60 Å². The van der Waals surface area contributed by atoms with Gasteiger partial charge in [-0.15, -0.1) is 12.3 Å². The van der Waals surface area contributed by atoms with Crippen molar-refractivity contribution < 1.29 is 9.53 Å². The van der Waals surface area contributed by atoms with Crippen molar-refractivity contribution >= 4 is 5.97 Å². The number of carbonyl (C=O) groups is 1. The molecular formula is C17H18O2. The molecule has 0 amide bonds. The maximum absolute atomic E-state index is 11.8. The number of esters is 1. The molecule has 1 aromatic carbocycles. The highest BCUT2D eigenvalue weighted by molar-refractivity contribution is 5.87. The fraction of sp³-hybridized carbons (Fsp3) is 0.353. The van der Waals surface area contributed by atoms with Gasteiger partial charge in [-0.25, -0.2) is 4.79 Å². The zero-order valence-corrected chi connectivity index (χ0v) is 11.2. The Labute approximate surface area is 114 Å². The molecule has 0 heterocycles. The molecule has 0 saturated heterocycles. The summed E-state index contributed by atoms with van der Waals surface area (Å²) in [7, 11) is 0. The van der Waals surface area contributed by atoms with Crippen LogP contribution in [0.25, 0.3) is 0 Å². The highest BCUT2D eigenvalue weighted by Gasteiger charge is 2.37. The first-order valence-electron chi connectivity index (χ1n) is 6.45. The Morgan fingerprint density at radius 3 is 2.79 bits per heavy atom. The molecule has 2 nitrogen and oxygen atoms in total. The number of benzene rings is 1. The van der Waals surface area contributed by atoms with Gasteiger partial charge in [0.15, 0.2) is 0 Å². The predicted octanol–water partition coefficient (Wildman–Crippen LogP) is 3.06. The van der Waals surface area contributed by atoms with Crippen LogP contribution in [-0.2, 0) is 22.4 Å². The zero-order valence-electron chi connectivity index (χ0n) is 11.2. The molecule has 98 valence electrons. The Morgan fingerprint density at radius 2 is 2.16 bits per heavy atom. The van der Waals surface area contributed by atoms with Gasteiger partial charge in [-0.2, -0.15) is 0 Å². The van der Waals surface area contributed by atoms with Gasteiger partial charge < -0.3 is 4.74 Å². The van der Waals surface area contributed by atoms with Gasteiger partial charge in [-0.3, -0.25) is 0 Å². The molecular weight excluding hydrogens is 236 g/mol. The number of carbonyl (C=O) groups excluding carboxylic acids is 1. The van der Waals surface area contributed by atoms with Crippen LogP contribution in [0.3, 0.4) is 0 Å². The molecule has 0 spiro atoms. The van der Waals surface area contributed by atoms with Gasteiger partial charge in [-0.1, -0.05) is 30.8 Å². The summed E-state index contributed by atoms with van der Waals surface area (Å²) in [5.41, 5.74) is 2.38. The van der Waals surface area contributed by atoms with Crippen molar-refractivity contribution in [1.82, 2.24) is 0 Å². The van der Waals surface area contributed by atoms with E-state index in [1.165, 1.54) is 11.1 Å². The molecule has 0 radical (unpaired) electrons. The lowest BCUT2D eigenvalue weighted by molar-refractivity contribution is -0.155. The second kappa shape index (κ2) is 5.32. The lowest BCUT2D eigenvalue weighted by Gasteiger charge is -2.36. The van der Waals surface area contributed by atoms with Crippen molar-refractivity contribution in [2.24, 2.45) is 0 Å². The molecule has 2 rings (SSSR count). The fourth-order valence-electron chi connectivity index (χ4n) is 2.52. The molecule has 1 aromatic rings. The van der Waals surface area contributed by atoms with E-state index in [1.807, 2.05) is 12.1 Å². The van der Waals surface area contributed by atoms with Crippen molar-refractivity contribution in [1.29, 1.82) is 0 Å². The Balaban J connectivity index is 2.26. The molecule has 0 aliphatic heterocycles. The summed E-state index contributed by atoms with van der Waals surface area (Å²) in [6.07, 6.45) is 8.25. The molecule has 1 unspecified atom stereocenters. The van der Waals surface area contributed by atoms with Crippen LogP contribution in [0.2, 0.25) is 0 Å². The molecule has 1 aliphatic rings. The minimum Gasteiger partial charge on any atom is -0.454 e. The van der Waals surface area contributed by atoms with E-state index >= 15 is 0 Å². The smallest absolute Gasteiger partial charge is 0.333 e. The Morgan fingerprint density at radius 1 is 1.47 bits per heavy atom. The van der Waals surface area contributed by atoms with Crippen LogP contribution in [0.4, 0.5) is 0 Å². The molecule has 19 heavy (non-hydrogen) atoms. The van der Waals surface area contributed by atoms with E-state index in [1.54, 1.807) is 6.92 Å². The maximum atomic E-state index is 11.8. The molecule has 1 aliphatic carbocycles. The first-order chi connectivity index (χ1) is 9.06. The third-order valence-electron chi connectivity index (χ3n) is 3.56. The summed E-state index contributed by atoms with van der Waals surface area (Å²) in [6, 6.07) is 8.24. The van der Waals surface area contributed by atoms with Gasteiger partial charge in [0.1, 0.15) is 5.60 Å². The lowest BCUT2D eigenvalue weighted by Crippen LogP contribution is -2.40. The monoisotopic (exact) mass is 254 g/mol. The lowest BCUT2D eigenvalue weighted by atomic mass is 9.78. The number of aryl methyl sites for hydroxylation is 1. The standard InChI is InChI=1S/C17H18O2/c1-4-10-17(19-16(18)13(2)3)11-9-14-7-5-6-8-15(14)12-17/h1,5-8H,2,9-12H2,3H3. The van der Waals surface area contributed by atoms with Gasteiger partial charge >= 0.3 is 5.97 Å². The second-order valence-corrected chi connectivity index (χ2v) is 5.18. The van der Waals surface area contributed by atoms with E-state index in [0.717, 1.165) is 12.8 Å². The Hall–Kier alpha value is -2.01. The SMILES string of the molecule is C#CCC1(OC(=O)C(=C)C)CCc2ccccc2C1. The second-order valence-electron chi connectivity index (χ2n) is 5.18. The molecule has 0 N–H and O–H groups in total. The molecule has 0 saturated carbocycles. The topological polar surface area (TPSA) is 26.3 Å². The molecule has 0 fully saturated rings. The minimum atomic E-state index is -0.570. The number of terminal acetylenes is 1.